The Morgan fingerprint density at radius 2 is 1.85 bits per heavy atom. The highest BCUT2D eigenvalue weighted by molar-refractivity contribution is 6.31. The second-order valence-corrected chi connectivity index (χ2v) is 5.92. The minimum Gasteiger partial charge on any atom is -0.465 e. The molecule has 2 aromatic rings. The van der Waals surface area contributed by atoms with Crippen LogP contribution in [0.25, 0.3) is 0 Å². The number of hydrogen-bond acceptors (Lipinski definition) is 5. The molecule has 0 aliphatic carbocycles. The van der Waals surface area contributed by atoms with Gasteiger partial charge in [0.05, 0.1) is 12.7 Å². The molecular weight excluding hydrogens is 366 g/mol. The molecule has 27 heavy (non-hydrogen) atoms. The molecule has 0 aliphatic rings. The average molecular weight is 384 g/mol. The highest BCUT2D eigenvalue weighted by atomic mass is 35.5. The Morgan fingerprint density at radius 1 is 1.15 bits per heavy atom. The molecule has 0 atom stereocenters. The van der Waals surface area contributed by atoms with E-state index in [1.165, 1.54) is 13.3 Å². The monoisotopic (exact) mass is 383 g/mol. The van der Waals surface area contributed by atoms with E-state index >= 15 is 0 Å². The number of benzene rings is 2. The van der Waals surface area contributed by atoms with Gasteiger partial charge in [0, 0.05) is 24.3 Å². The first-order valence-corrected chi connectivity index (χ1v) is 8.45. The zero-order valence-electron chi connectivity index (χ0n) is 14.7. The van der Waals surface area contributed by atoms with Crippen LogP contribution in [0.3, 0.4) is 0 Å². The van der Waals surface area contributed by atoms with Crippen molar-refractivity contribution < 1.29 is 14.3 Å². The zero-order chi connectivity index (χ0) is 19.6. The Hall–Kier alpha value is -3.30. The van der Waals surface area contributed by atoms with Gasteiger partial charge >= 0.3 is 5.97 Å². The van der Waals surface area contributed by atoms with E-state index < -0.39 is 11.9 Å². The van der Waals surface area contributed by atoms with Gasteiger partial charge in [-0.05, 0) is 29.3 Å². The number of hydrogen-bond donors (Lipinski definition) is 2. The molecule has 0 unspecified atom stereocenters. The van der Waals surface area contributed by atoms with Gasteiger partial charge in [0.2, 0.25) is 0 Å². The van der Waals surface area contributed by atoms with Gasteiger partial charge in [-0.2, -0.15) is 5.26 Å². The molecule has 2 N–H and O–H groups in total. The summed E-state index contributed by atoms with van der Waals surface area (Å²) in [5.74, 6) is -0.901. The number of rotatable bonds is 7. The number of carbonyl (C=O) groups is 2. The molecule has 0 heterocycles. The summed E-state index contributed by atoms with van der Waals surface area (Å²) >= 11 is 6.04. The maximum absolute atomic E-state index is 12.1. The molecule has 2 aromatic carbocycles. The number of methoxy groups -OCH3 is 1. The van der Waals surface area contributed by atoms with Crippen molar-refractivity contribution >= 4 is 23.5 Å². The number of nitrogens with zero attached hydrogens (tertiary/aromatic N) is 1. The molecule has 0 bridgehead atoms. The molecule has 2 rings (SSSR count). The lowest BCUT2D eigenvalue weighted by Crippen LogP contribution is -2.25. The topological polar surface area (TPSA) is 91.2 Å². The van der Waals surface area contributed by atoms with E-state index in [9.17, 15) is 14.9 Å². The van der Waals surface area contributed by atoms with Crippen molar-refractivity contribution in [1.29, 1.82) is 5.26 Å². The number of halogens is 1. The minimum atomic E-state index is -0.494. The van der Waals surface area contributed by atoms with E-state index in [0.29, 0.717) is 17.1 Å². The summed E-state index contributed by atoms with van der Waals surface area (Å²) in [7, 11) is 1.32. The Balaban J connectivity index is 1.90. The van der Waals surface area contributed by atoms with Gasteiger partial charge in [-0.3, -0.25) is 4.79 Å². The molecule has 0 saturated heterocycles. The molecule has 138 valence electrons. The van der Waals surface area contributed by atoms with Gasteiger partial charge in [-0.25, -0.2) is 4.79 Å². The van der Waals surface area contributed by atoms with E-state index in [2.05, 4.69) is 15.4 Å². The highest BCUT2D eigenvalue weighted by Gasteiger charge is 2.09. The molecule has 0 radical (unpaired) electrons. The van der Waals surface area contributed by atoms with Gasteiger partial charge in [-0.15, -0.1) is 0 Å². The molecule has 0 spiro atoms. The number of amides is 1. The van der Waals surface area contributed by atoms with Crippen molar-refractivity contribution in [2.45, 2.75) is 13.1 Å². The van der Waals surface area contributed by atoms with Crippen LogP contribution in [-0.4, -0.2) is 19.0 Å². The predicted molar refractivity (Wildman–Crippen MR) is 102 cm³/mol. The normalized spacial score (nSPS) is 10.6. The Morgan fingerprint density at radius 3 is 2.48 bits per heavy atom. The maximum atomic E-state index is 12.1. The summed E-state index contributed by atoms with van der Waals surface area (Å²) < 4.78 is 4.64. The van der Waals surface area contributed by atoms with Crippen molar-refractivity contribution in [3.05, 3.63) is 82.0 Å². The first-order chi connectivity index (χ1) is 13.0. The van der Waals surface area contributed by atoms with E-state index in [4.69, 9.17) is 11.6 Å². The number of nitrogens with one attached hydrogen (secondary N) is 2. The van der Waals surface area contributed by atoms with Crippen molar-refractivity contribution in [1.82, 2.24) is 10.6 Å². The minimum absolute atomic E-state index is 0.0479. The summed E-state index contributed by atoms with van der Waals surface area (Å²) in [5, 5.41) is 15.3. The highest BCUT2D eigenvalue weighted by Crippen LogP contribution is 2.14. The van der Waals surface area contributed by atoms with E-state index in [1.807, 2.05) is 12.1 Å². The predicted octanol–water partition coefficient (Wildman–Crippen LogP) is 2.94. The first-order valence-electron chi connectivity index (χ1n) is 8.07. The maximum Gasteiger partial charge on any atom is 0.337 e. The van der Waals surface area contributed by atoms with Crippen LogP contribution in [0.4, 0.5) is 0 Å². The molecule has 7 heteroatoms. The van der Waals surface area contributed by atoms with Crippen molar-refractivity contribution in [2.75, 3.05) is 7.11 Å². The van der Waals surface area contributed by atoms with Gasteiger partial charge < -0.3 is 15.4 Å². The lowest BCUT2D eigenvalue weighted by atomic mass is 10.1. The summed E-state index contributed by atoms with van der Waals surface area (Å²) in [6, 6.07) is 15.8. The fraction of sp³-hybridized carbons (Fsp3) is 0.150. The van der Waals surface area contributed by atoms with Gasteiger partial charge in [0.1, 0.15) is 11.6 Å². The van der Waals surface area contributed by atoms with Crippen molar-refractivity contribution in [2.24, 2.45) is 0 Å². The van der Waals surface area contributed by atoms with Crippen LogP contribution in [0, 0.1) is 11.3 Å². The molecule has 1 amide bonds. The first kappa shape index (κ1) is 20.0. The smallest absolute Gasteiger partial charge is 0.337 e. The van der Waals surface area contributed by atoms with Crippen LogP contribution >= 0.6 is 11.6 Å². The van der Waals surface area contributed by atoms with E-state index in [1.54, 1.807) is 42.5 Å². The number of nitriles is 1. The van der Waals surface area contributed by atoms with Gasteiger partial charge in [0.25, 0.3) is 5.91 Å². The van der Waals surface area contributed by atoms with Crippen LogP contribution in [0.5, 0.6) is 0 Å². The number of ether oxygens (including phenoxy) is 1. The largest absolute Gasteiger partial charge is 0.465 e. The molecule has 0 aromatic heterocycles. The van der Waals surface area contributed by atoms with Crippen LogP contribution in [-0.2, 0) is 22.6 Å². The number of esters is 1. The van der Waals surface area contributed by atoms with Gasteiger partial charge in [0.15, 0.2) is 0 Å². The second-order valence-electron chi connectivity index (χ2n) is 5.51. The molecule has 6 nitrogen and oxygen atoms in total. The lowest BCUT2D eigenvalue weighted by Gasteiger charge is -2.07. The third kappa shape index (κ3) is 5.87. The van der Waals surface area contributed by atoms with Crippen LogP contribution in [0.15, 0.2) is 60.3 Å². The van der Waals surface area contributed by atoms with Crippen molar-refractivity contribution in [3.63, 3.8) is 0 Å². The summed E-state index contributed by atoms with van der Waals surface area (Å²) in [6.07, 6.45) is 1.36. The Labute approximate surface area is 162 Å². The quantitative estimate of drug-likeness (QED) is 0.435. The third-order valence-corrected chi connectivity index (χ3v) is 4.06. The van der Waals surface area contributed by atoms with Gasteiger partial charge in [-0.1, -0.05) is 41.9 Å². The molecular formula is C20H18ClN3O3. The Bertz CT molecular complexity index is 886. The van der Waals surface area contributed by atoms with Crippen molar-refractivity contribution in [3.8, 4) is 6.07 Å². The Kier molecular flexibility index (Phi) is 7.41. The SMILES string of the molecule is COC(=O)c1ccc(CN/C=C(/C#N)C(=O)NCc2ccccc2Cl)cc1. The van der Waals surface area contributed by atoms with Crippen LogP contribution in [0.2, 0.25) is 5.02 Å². The van der Waals surface area contributed by atoms with E-state index in [0.717, 1.165) is 11.1 Å². The van der Waals surface area contributed by atoms with Crippen LogP contribution in [0.1, 0.15) is 21.5 Å². The number of carbonyl (C=O) groups excluding carboxylic acids is 2. The fourth-order valence-electron chi connectivity index (χ4n) is 2.21. The third-order valence-electron chi connectivity index (χ3n) is 3.69. The van der Waals surface area contributed by atoms with Crippen LogP contribution < -0.4 is 10.6 Å². The lowest BCUT2D eigenvalue weighted by molar-refractivity contribution is -0.117. The second kappa shape index (κ2) is 10.00. The summed E-state index contributed by atoms with van der Waals surface area (Å²) in [5.41, 5.74) is 2.05. The molecule has 0 saturated carbocycles. The summed E-state index contributed by atoms with van der Waals surface area (Å²) in [4.78, 5) is 23.5. The van der Waals surface area contributed by atoms with E-state index in [-0.39, 0.29) is 12.1 Å². The average Bonchev–Trinajstić information content (AvgIpc) is 2.70. The molecule has 0 fully saturated rings. The standard InChI is InChI=1S/C20H18ClN3O3/c1-27-20(26)15-8-6-14(7-9-15)11-23-12-17(10-22)19(25)24-13-16-4-2-3-5-18(16)21/h2-9,12,23H,11,13H2,1H3,(H,24,25)/b17-12-. The summed E-state index contributed by atoms with van der Waals surface area (Å²) in [6.45, 7) is 0.622. The zero-order valence-corrected chi connectivity index (χ0v) is 15.4. The molecule has 0 aliphatic heterocycles. The fourth-order valence-corrected chi connectivity index (χ4v) is 2.41.